The van der Waals surface area contributed by atoms with Crippen LogP contribution in [0.15, 0.2) is 11.6 Å². The number of hydrogen-bond acceptors (Lipinski definition) is 0. The molecular weight excluding hydrogens is 206 g/mol. The van der Waals surface area contributed by atoms with E-state index in [0.29, 0.717) is 0 Å². The van der Waals surface area contributed by atoms with E-state index in [-0.39, 0.29) is 0 Å². The van der Waals surface area contributed by atoms with Crippen molar-refractivity contribution in [1.82, 2.24) is 0 Å². The lowest BCUT2D eigenvalue weighted by Gasteiger charge is -2.30. The van der Waals surface area contributed by atoms with Gasteiger partial charge in [0.15, 0.2) is 0 Å². The molecule has 0 saturated heterocycles. The number of unbranched alkanes of at least 4 members (excludes halogenated alkanes) is 1. The first-order valence-electron chi connectivity index (χ1n) is 7.32. The topological polar surface area (TPSA) is 0 Å². The number of nitrogens with zero attached hydrogens (tertiary/aromatic N) is 1. The van der Waals surface area contributed by atoms with Gasteiger partial charge in [0.05, 0.1) is 27.2 Å². The van der Waals surface area contributed by atoms with Crippen molar-refractivity contribution in [3.8, 4) is 0 Å². The molecule has 0 radical (unpaired) electrons. The van der Waals surface area contributed by atoms with Gasteiger partial charge < -0.3 is 4.48 Å². The molecule has 17 heavy (non-hydrogen) atoms. The van der Waals surface area contributed by atoms with Crippen molar-refractivity contribution in [2.75, 3.05) is 27.2 Å². The molecule has 1 atom stereocenters. The third-order valence-electron chi connectivity index (χ3n) is 3.56. The average molecular weight is 240 g/mol. The Balaban J connectivity index is 3.74. The molecule has 0 aromatic carbocycles. The number of rotatable bonds is 9. The molecule has 0 heterocycles. The molecule has 0 aliphatic rings. The Morgan fingerprint density at radius 1 is 1.12 bits per heavy atom. The summed E-state index contributed by atoms with van der Waals surface area (Å²) in [5, 5.41) is 0. The van der Waals surface area contributed by atoms with Gasteiger partial charge >= 0.3 is 0 Å². The summed E-state index contributed by atoms with van der Waals surface area (Å²) >= 11 is 0. The van der Waals surface area contributed by atoms with Crippen molar-refractivity contribution in [3.05, 3.63) is 11.6 Å². The maximum atomic E-state index is 2.40. The quantitative estimate of drug-likeness (QED) is 0.407. The van der Waals surface area contributed by atoms with Gasteiger partial charge in [-0.25, -0.2) is 0 Å². The van der Waals surface area contributed by atoms with Gasteiger partial charge in [0.1, 0.15) is 0 Å². The Hall–Kier alpha value is -0.300. The molecule has 0 aliphatic heterocycles. The van der Waals surface area contributed by atoms with Crippen molar-refractivity contribution in [1.29, 1.82) is 0 Å². The van der Waals surface area contributed by atoms with Crippen molar-refractivity contribution in [3.63, 3.8) is 0 Å². The molecule has 0 unspecified atom stereocenters. The zero-order valence-electron chi connectivity index (χ0n) is 13.1. The minimum Gasteiger partial charge on any atom is -0.328 e. The Bertz CT molecular complexity index is 212. The predicted molar refractivity (Wildman–Crippen MR) is 79.2 cm³/mol. The monoisotopic (exact) mass is 240 g/mol. The normalized spacial score (nSPS) is 13.5. The van der Waals surface area contributed by atoms with Crippen molar-refractivity contribution >= 4 is 0 Å². The van der Waals surface area contributed by atoms with E-state index in [4.69, 9.17) is 0 Å². The summed E-state index contributed by atoms with van der Waals surface area (Å²) < 4.78 is 1.20. The van der Waals surface area contributed by atoms with Crippen LogP contribution in [0.1, 0.15) is 59.8 Å². The predicted octanol–water partition coefficient (Wildman–Crippen LogP) is 4.64. The van der Waals surface area contributed by atoms with E-state index < -0.39 is 0 Å². The van der Waals surface area contributed by atoms with Crippen LogP contribution in [0.25, 0.3) is 0 Å². The molecule has 102 valence electrons. The van der Waals surface area contributed by atoms with Crippen LogP contribution in [0.4, 0.5) is 0 Å². The summed E-state index contributed by atoms with van der Waals surface area (Å²) in [5.41, 5.74) is 1.45. The first kappa shape index (κ1) is 16.7. The van der Waals surface area contributed by atoms with Gasteiger partial charge in [-0.05, 0) is 45.4 Å². The van der Waals surface area contributed by atoms with Crippen LogP contribution in [0.2, 0.25) is 0 Å². The summed E-state index contributed by atoms with van der Waals surface area (Å²) in [6.45, 7) is 11.7. The molecule has 0 aromatic rings. The highest BCUT2D eigenvalue weighted by Gasteiger charge is 2.15. The van der Waals surface area contributed by atoms with E-state index >= 15 is 0 Å². The van der Waals surface area contributed by atoms with E-state index in [1.165, 1.54) is 55.2 Å². The zero-order valence-corrected chi connectivity index (χ0v) is 13.1. The molecule has 0 fully saturated rings. The van der Waals surface area contributed by atoms with E-state index in [9.17, 15) is 0 Å². The van der Waals surface area contributed by atoms with Crippen LogP contribution in [0, 0.1) is 5.92 Å². The van der Waals surface area contributed by atoms with E-state index in [1.54, 1.807) is 0 Å². The molecule has 0 aliphatic carbocycles. The fourth-order valence-corrected chi connectivity index (χ4v) is 2.07. The summed E-state index contributed by atoms with van der Waals surface area (Å²) in [4.78, 5) is 0. The Kier molecular flexibility index (Phi) is 8.59. The maximum Gasteiger partial charge on any atom is 0.0785 e. The molecular formula is C16H34N+. The van der Waals surface area contributed by atoms with E-state index in [1.807, 2.05) is 0 Å². The summed E-state index contributed by atoms with van der Waals surface area (Å²) in [5.74, 6) is 0.865. The van der Waals surface area contributed by atoms with Gasteiger partial charge in [0.25, 0.3) is 0 Å². The van der Waals surface area contributed by atoms with Crippen LogP contribution in [0.5, 0.6) is 0 Å². The van der Waals surface area contributed by atoms with Crippen LogP contribution in [-0.4, -0.2) is 31.7 Å². The lowest BCUT2D eigenvalue weighted by atomic mass is 10.0. The van der Waals surface area contributed by atoms with Gasteiger partial charge in [0.2, 0.25) is 0 Å². The van der Waals surface area contributed by atoms with Crippen LogP contribution < -0.4 is 0 Å². The van der Waals surface area contributed by atoms with E-state index in [0.717, 1.165) is 5.92 Å². The maximum absolute atomic E-state index is 2.40. The van der Waals surface area contributed by atoms with Crippen molar-refractivity contribution in [2.24, 2.45) is 5.92 Å². The number of quaternary nitrogens is 1. The molecule has 1 nitrogen and oxygen atoms in total. The minimum absolute atomic E-state index is 0.865. The smallest absolute Gasteiger partial charge is 0.0785 e. The fourth-order valence-electron chi connectivity index (χ4n) is 2.07. The van der Waals surface area contributed by atoms with Crippen LogP contribution in [-0.2, 0) is 0 Å². The van der Waals surface area contributed by atoms with Gasteiger partial charge in [-0.2, -0.15) is 0 Å². The summed E-state index contributed by atoms with van der Waals surface area (Å²) in [6.07, 6.45) is 9.02. The van der Waals surface area contributed by atoms with Gasteiger partial charge in [-0.15, -0.1) is 0 Å². The van der Waals surface area contributed by atoms with Crippen molar-refractivity contribution in [2.45, 2.75) is 59.8 Å². The average Bonchev–Trinajstić information content (AvgIpc) is 2.23. The minimum atomic E-state index is 0.865. The zero-order chi connectivity index (χ0) is 13.3. The first-order chi connectivity index (χ1) is 7.87. The summed E-state index contributed by atoms with van der Waals surface area (Å²) in [6, 6.07) is 0. The lowest BCUT2D eigenvalue weighted by molar-refractivity contribution is -0.891. The Labute approximate surface area is 109 Å². The number of hydrogen-bond donors (Lipinski definition) is 0. The molecule has 0 amide bonds. The molecule has 1 heteroatoms. The third-order valence-corrected chi connectivity index (χ3v) is 3.56. The highest BCUT2D eigenvalue weighted by Crippen LogP contribution is 2.14. The molecule has 0 N–H and O–H groups in total. The lowest BCUT2D eigenvalue weighted by Crippen LogP contribution is -2.41. The highest BCUT2D eigenvalue weighted by atomic mass is 15.3. The SMILES string of the molecule is CCCC[N+](C)(C)CC[C@@H](C)CCC=C(C)C. The van der Waals surface area contributed by atoms with Crippen LogP contribution in [0.3, 0.4) is 0 Å². The van der Waals surface area contributed by atoms with Gasteiger partial charge in [-0.1, -0.05) is 31.9 Å². The highest BCUT2D eigenvalue weighted by molar-refractivity contribution is 4.92. The summed E-state index contributed by atoms with van der Waals surface area (Å²) in [7, 11) is 4.75. The Morgan fingerprint density at radius 2 is 1.76 bits per heavy atom. The second-order valence-electron chi connectivity index (χ2n) is 6.49. The molecule has 0 spiro atoms. The third kappa shape index (κ3) is 10.6. The standard InChI is InChI=1S/C16H34N/c1-7-8-13-17(5,6)14-12-16(4)11-9-10-15(2)3/h10,16H,7-9,11-14H2,1-6H3/q+1/t16-/m0/s1. The van der Waals surface area contributed by atoms with E-state index in [2.05, 4.69) is 47.9 Å². The molecule has 0 rings (SSSR count). The molecule has 0 bridgehead atoms. The van der Waals surface area contributed by atoms with Gasteiger partial charge in [-0.3, -0.25) is 0 Å². The first-order valence-corrected chi connectivity index (χ1v) is 7.32. The molecule has 0 aromatic heterocycles. The number of allylic oxidation sites excluding steroid dienone is 2. The van der Waals surface area contributed by atoms with Crippen molar-refractivity contribution < 1.29 is 4.48 Å². The fraction of sp³-hybridized carbons (Fsp3) is 0.875. The Morgan fingerprint density at radius 3 is 2.29 bits per heavy atom. The van der Waals surface area contributed by atoms with Gasteiger partial charge in [0, 0.05) is 0 Å². The second kappa shape index (κ2) is 8.74. The largest absolute Gasteiger partial charge is 0.328 e. The second-order valence-corrected chi connectivity index (χ2v) is 6.49. The van der Waals surface area contributed by atoms with Crippen LogP contribution >= 0.6 is 0 Å². The molecule has 0 saturated carbocycles.